The highest BCUT2D eigenvalue weighted by atomic mass is 35.5. The maximum absolute atomic E-state index is 13.2. The number of nitrogens with one attached hydrogen (secondary N) is 1. The number of rotatable bonds is 2. The molecule has 2 aromatic carbocycles. The number of ether oxygens (including phenoxy) is 1. The molecule has 2 aliphatic rings. The van der Waals surface area contributed by atoms with E-state index < -0.39 is 9.84 Å². The molecule has 1 aromatic heterocycles. The minimum absolute atomic E-state index is 0.183. The first kappa shape index (κ1) is 16.3. The average molecular weight is 390 g/mol. The van der Waals surface area contributed by atoms with Gasteiger partial charge in [-0.3, -0.25) is 0 Å². The van der Waals surface area contributed by atoms with Crippen molar-refractivity contribution in [2.24, 2.45) is 0 Å². The van der Waals surface area contributed by atoms with Crippen LogP contribution in [0.3, 0.4) is 0 Å². The number of hydrogen-bond donors (Lipinski definition) is 1. The van der Waals surface area contributed by atoms with Gasteiger partial charge >= 0.3 is 0 Å². The second-order valence-electron chi connectivity index (χ2n) is 6.64. The van der Waals surface area contributed by atoms with E-state index in [0.717, 1.165) is 40.8 Å². The largest absolute Gasteiger partial charge is 0.459 e. The fraction of sp³-hybridized carbons (Fsp3) is 0.263. The second-order valence-corrected chi connectivity index (χ2v) is 9.00. The summed E-state index contributed by atoms with van der Waals surface area (Å²) in [5, 5.41) is 4.38. The molecule has 0 bridgehead atoms. The molecule has 5 nitrogen and oxygen atoms in total. The average Bonchev–Trinajstić information content (AvgIpc) is 3.25. The Hall–Kier alpha value is -1.86. The molecule has 0 amide bonds. The number of hydrogen-bond acceptors (Lipinski definition) is 5. The predicted molar refractivity (Wildman–Crippen MR) is 97.0 cm³/mol. The molecule has 0 atom stereocenters. The monoisotopic (exact) mass is 389 g/mol. The van der Waals surface area contributed by atoms with Crippen LogP contribution in [0.4, 0.5) is 0 Å². The van der Waals surface area contributed by atoms with Gasteiger partial charge in [0, 0.05) is 30.5 Å². The van der Waals surface area contributed by atoms with Crippen LogP contribution < -0.4 is 5.32 Å². The fourth-order valence-corrected chi connectivity index (χ4v) is 5.33. The van der Waals surface area contributed by atoms with Crippen molar-refractivity contribution in [2.45, 2.75) is 36.0 Å². The van der Waals surface area contributed by atoms with Gasteiger partial charge in [-0.15, -0.1) is 0 Å². The van der Waals surface area contributed by atoms with E-state index in [1.807, 2.05) is 6.07 Å². The van der Waals surface area contributed by atoms with Gasteiger partial charge in [-0.1, -0.05) is 17.7 Å². The first-order valence-corrected chi connectivity index (χ1v) is 10.3. The van der Waals surface area contributed by atoms with Crippen LogP contribution in [0, 0.1) is 0 Å². The van der Waals surface area contributed by atoms with E-state index >= 15 is 0 Å². The van der Waals surface area contributed by atoms with E-state index in [2.05, 4.69) is 5.32 Å². The summed E-state index contributed by atoms with van der Waals surface area (Å²) < 4.78 is 37.6. The molecule has 0 aliphatic carbocycles. The number of benzene rings is 2. The van der Waals surface area contributed by atoms with E-state index in [9.17, 15) is 8.42 Å². The minimum atomic E-state index is -3.68. The molecule has 3 aromatic rings. The van der Waals surface area contributed by atoms with Crippen molar-refractivity contribution in [3.05, 3.63) is 57.8 Å². The summed E-state index contributed by atoms with van der Waals surface area (Å²) >= 11 is 6.37. The maximum Gasteiger partial charge on any atom is 0.206 e. The molecule has 1 N–H and O–H groups in total. The summed E-state index contributed by atoms with van der Waals surface area (Å²) in [7, 11) is -3.68. The minimum Gasteiger partial charge on any atom is -0.459 e. The number of furan rings is 1. The van der Waals surface area contributed by atoms with E-state index in [-0.39, 0.29) is 9.79 Å². The van der Waals surface area contributed by atoms with Crippen LogP contribution in [0.15, 0.2) is 44.5 Å². The number of sulfone groups is 1. The molecule has 0 saturated heterocycles. The Morgan fingerprint density at radius 1 is 1.04 bits per heavy atom. The van der Waals surface area contributed by atoms with Crippen molar-refractivity contribution >= 4 is 32.4 Å². The highest BCUT2D eigenvalue weighted by Gasteiger charge is 2.25. The molecule has 5 rings (SSSR count). The quantitative estimate of drug-likeness (QED) is 0.725. The molecule has 7 heteroatoms. The summed E-state index contributed by atoms with van der Waals surface area (Å²) in [4.78, 5) is 0.440. The van der Waals surface area contributed by atoms with Crippen molar-refractivity contribution in [1.82, 2.24) is 5.32 Å². The molecule has 26 heavy (non-hydrogen) atoms. The Bertz CT molecular complexity index is 1150. The molecule has 0 radical (unpaired) electrons. The van der Waals surface area contributed by atoms with Crippen LogP contribution in [0.25, 0.3) is 11.0 Å². The van der Waals surface area contributed by atoms with Gasteiger partial charge in [-0.05, 0) is 35.4 Å². The molecular formula is C19H16ClNO4S. The molecule has 0 spiro atoms. The molecule has 0 saturated carbocycles. The zero-order chi connectivity index (χ0) is 17.9. The molecule has 0 fully saturated rings. The lowest BCUT2D eigenvalue weighted by atomic mass is 10.1. The topological polar surface area (TPSA) is 68.5 Å². The van der Waals surface area contributed by atoms with Crippen LogP contribution in [-0.4, -0.2) is 15.0 Å². The van der Waals surface area contributed by atoms with E-state index in [1.165, 1.54) is 6.07 Å². The molecule has 134 valence electrons. The van der Waals surface area contributed by atoms with Crippen molar-refractivity contribution in [3.63, 3.8) is 0 Å². The number of halogens is 1. The van der Waals surface area contributed by atoms with Gasteiger partial charge in [0.2, 0.25) is 9.84 Å². The van der Waals surface area contributed by atoms with E-state index in [1.54, 1.807) is 18.2 Å². The van der Waals surface area contributed by atoms with Gasteiger partial charge in [0.05, 0.1) is 28.0 Å². The molecule has 3 heterocycles. The third-order valence-corrected chi connectivity index (χ3v) is 7.06. The zero-order valence-electron chi connectivity index (χ0n) is 13.8. The normalized spacial score (nSPS) is 16.7. The van der Waals surface area contributed by atoms with Crippen molar-refractivity contribution in [2.75, 3.05) is 6.54 Å². The lowest BCUT2D eigenvalue weighted by Crippen LogP contribution is -2.22. The SMILES string of the molecule is O=S(=O)(c1ccc2c(c1)COC2)c1cc(Cl)c2oc3c(c2c1)CNCC3. The van der Waals surface area contributed by atoms with Crippen molar-refractivity contribution in [3.8, 4) is 0 Å². The van der Waals surface area contributed by atoms with Gasteiger partial charge in [-0.2, -0.15) is 0 Å². The third kappa shape index (κ3) is 2.41. The molecular weight excluding hydrogens is 374 g/mol. The smallest absolute Gasteiger partial charge is 0.206 e. The van der Waals surface area contributed by atoms with Gasteiger partial charge in [0.25, 0.3) is 0 Å². The van der Waals surface area contributed by atoms with Gasteiger partial charge in [0.1, 0.15) is 5.76 Å². The van der Waals surface area contributed by atoms with Crippen molar-refractivity contribution in [1.29, 1.82) is 0 Å². The van der Waals surface area contributed by atoms with E-state index in [0.29, 0.717) is 30.4 Å². The fourth-order valence-electron chi connectivity index (χ4n) is 3.65. The standard InChI is InChI=1S/C19H16ClNO4S/c20-17-7-14(6-15-16-8-21-4-3-18(16)25-19(15)17)26(22,23)13-2-1-11-9-24-10-12(11)5-13/h1-2,5-7,21H,3-4,8-10H2. The molecule has 0 unspecified atom stereocenters. The van der Waals surface area contributed by atoms with Crippen LogP contribution in [-0.2, 0) is 40.8 Å². The van der Waals surface area contributed by atoms with E-state index in [4.69, 9.17) is 20.8 Å². The summed E-state index contributed by atoms with van der Waals surface area (Å²) in [5.74, 6) is 0.880. The Labute approximate surface area is 155 Å². The van der Waals surface area contributed by atoms with Crippen LogP contribution in [0.2, 0.25) is 5.02 Å². The first-order chi connectivity index (χ1) is 12.5. The zero-order valence-corrected chi connectivity index (χ0v) is 15.4. The second kappa shape index (κ2) is 5.82. The summed E-state index contributed by atoms with van der Waals surface area (Å²) in [6.45, 7) is 2.46. The van der Waals surface area contributed by atoms with Crippen LogP contribution in [0.5, 0.6) is 0 Å². The van der Waals surface area contributed by atoms with Gasteiger partial charge in [-0.25, -0.2) is 8.42 Å². The molecule has 2 aliphatic heterocycles. The summed E-state index contributed by atoms with van der Waals surface area (Å²) in [6.07, 6.45) is 0.771. The summed E-state index contributed by atoms with van der Waals surface area (Å²) in [5.41, 5.74) is 3.50. The Morgan fingerprint density at radius 3 is 2.77 bits per heavy atom. The highest BCUT2D eigenvalue weighted by Crippen LogP contribution is 2.37. The van der Waals surface area contributed by atoms with Gasteiger partial charge < -0.3 is 14.5 Å². The Balaban J connectivity index is 1.68. The Morgan fingerprint density at radius 2 is 1.88 bits per heavy atom. The maximum atomic E-state index is 13.2. The third-order valence-electron chi connectivity index (χ3n) is 5.05. The predicted octanol–water partition coefficient (Wildman–Crippen LogP) is 3.59. The van der Waals surface area contributed by atoms with Crippen LogP contribution in [0.1, 0.15) is 22.5 Å². The lowest BCUT2D eigenvalue weighted by molar-refractivity contribution is 0.134. The number of fused-ring (bicyclic) bond motifs is 4. The highest BCUT2D eigenvalue weighted by molar-refractivity contribution is 7.91. The Kier molecular flexibility index (Phi) is 3.66. The van der Waals surface area contributed by atoms with Crippen molar-refractivity contribution < 1.29 is 17.6 Å². The summed E-state index contributed by atoms with van der Waals surface area (Å²) in [6, 6.07) is 8.30. The lowest BCUT2D eigenvalue weighted by Gasteiger charge is -2.11. The van der Waals surface area contributed by atoms with Crippen LogP contribution >= 0.6 is 11.6 Å². The first-order valence-electron chi connectivity index (χ1n) is 8.43. The van der Waals surface area contributed by atoms with Gasteiger partial charge in [0.15, 0.2) is 5.58 Å².